The lowest BCUT2D eigenvalue weighted by Gasteiger charge is -2.15. The Bertz CT molecular complexity index is 414. The summed E-state index contributed by atoms with van der Waals surface area (Å²) >= 11 is 10.5. The van der Waals surface area contributed by atoms with Crippen LogP contribution in [0.25, 0.3) is 0 Å². The molecule has 0 unspecified atom stereocenters. The second-order valence-corrected chi connectivity index (χ2v) is 5.85. The molecule has 0 saturated carbocycles. The molecule has 2 nitrogen and oxygen atoms in total. The molecule has 1 aromatic carbocycles. The van der Waals surface area contributed by atoms with Crippen LogP contribution in [0.4, 0.5) is 5.69 Å². The number of nitrogens with one attached hydrogen (secondary N) is 1. The average Bonchev–Trinajstić information content (AvgIpc) is 2.29. The summed E-state index contributed by atoms with van der Waals surface area (Å²) < 4.78 is 2.85. The Kier molecular flexibility index (Phi) is 5.01. The first kappa shape index (κ1) is 14.2. The quantitative estimate of drug-likeness (QED) is 0.731. The standard InChI is InChI=1S/C11H12Br3NO/c1-4-7(16)15-11-9(13)5(2)8(12)6(3)10(11)14/h4H2,1-3H3,(H,15,16). The molecule has 16 heavy (non-hydrogen) atoms. The predicted octanol–water partition coefficient (Wildman–Crippen LogP) is 4.94. The smallest absolute Gasteiger partial charge is 0.224 e. The van der Waals surface area contributed by atoms with Crippen molar-refractivity contribution >= 4 is 59.4 Å². The molecule has 5 heteroatoms. The van der Waals surface area contributed by atoms with Gasteiger partial charge in [-0.05, 0) is 56.8 Å². The van der Waals surface area contributed by atoms with Crippen LogP contribution < -0.4 is 5.32 Å². The minimum absolute atomic E-state index is 0.00234. The van der Waals surface area contributed by atoms with Crippen LogP contribution in [-0.4, -0.2) is 5.91 Å². The van der Waals surface area contributed by atoms with Crippen LogP contribution in [0, 0.1) is 13.8 Å². The highest BCUT2D eigenvalue weighted by molar-refractivity contribution is 9.11. The van der Waals surface area contributed by atoms with Crippen molar-refractivity contribution in [2.75, 3.05) is 5.32 Å². The summed E-state index contributed by atoms with van der Waals surface area (Å²) in [5.41, 5.74) is 2.95. The highest BCUT2D eigenvalue weighted by Gasteiger charge is 2.16. The van der Waals surface area contributed by atoms with E-state index < -0.39 is 0 Å². The van der Waals surface area contributed by atoms with Crippen LogP contribution in [0.3, 0.4) is 0 Å². The third-order valence-electron chi connectivity index (χ3n) is 2.34. The summed E-state index contributed by atoms with van der Waals surface area (Å²) in [5.74, 6) is 0.00234. The summed E-state index contributed by atoms with van der Waals surface area (Å²) in [6.07, 6.45) is 0.465. The molecular formula is C11H12Br3NO. The first-order valence-electron chi connectivity index (χ1n) is 4.83. The lowest BCUT2D eigenvalue weighted by Crippen LogP contribution is -2.11. The largest absolute Gasteiger partial charge is 0.324 e. The monoisotopic (exact) mass is 411 g/mol. The molecule has 0 aromatic heterocycles. The molecule has 0 aliphatic rings. The van der Waals surface area contributed by atoms with Crippen LogP contribution in [-0.2, 0) is 4.79 Å². The zero-order chi connectivity index (χ0) is 12.5. The molecule has 0 aliphatic heterocycles. The van der Waals surface area contributed by atoms with E-state index in [1.165, 1.54) is 0 Å². The molecule has 0 aliphatic carbocycles. The minimum Gasteiger partial charge on any atom is -0.324 e. The van der Waals surface area contributed by atoms with Crippen LogP contribution in [0.15, 0.2) is 13.4 Å². The van der Waals surface area contributed by atoms with Gasteiger partial charge in [-0.25, -0.2) is 0 Å². The first-order chi connectivity index (χ1) is 7.40. The highest BCUT2D eigenvalue weighted by Crippen LogP contribution is 2.41. The first-order valence-corrected chi connectivity index (χ1v) is 7.21. The number of anilines is 1. The molecule has 1 N–H and O–H groups in total. The number of rotatable bonds is 2. The maximum Gasteiger partial charge on any atom is 0.224 e. The van der Waals surface area contributed by atoms with Crippen molar-refractivity contribution in [1.29, 1.82) is 0 Å². The summed E-state index contributed by atoms with van der Waals surface area (Å²) in [5, 5.41) is 2.88. The van der Waals surface area contributed by atoms with Crippen molar-refractivity contribution in [2.24, 2.45) is 0 Å². The van der Waals surface area contributed by atoms with E-state index in [0.717, 1.165) is 30.2 Å². The Morgan fingerprint density at radius 1 is 1.06 bits per heavy atom. The molecule has 0 heterocycles. The van der Waals surface area contributed by atoms with Crippen LogP contribution >= 0.6 is 47.8 Å². The van der Waals surface area contributed by atoms with Gasteiger partial charge in [0.2, 0.25) is 5.91 Å². The fourth-order valence-corrected chi connectivity index (χ4v) is 3.47. The molecule has 0 spiro atoms. The van der Waals surface area contributed by atoms with Crippen LogP contribution in [0.1, 0.15) is 24.5 Å². The molecule has 1 aromatic rings. The molecule has 1 rings (SSSR count). The highest BCUT2D eigenvalue weighted by atomic mass is 79.9. The van der Waals surface area contributed by atoms with Gasteiger partial charge in [-0.15, -0.1) is 0 Å². The summed E-state index contributed by atoms with van der Waals surface area (Å²) in [6, 6.07) is 0. The Morgan fingerprint density at radius 2 is 1.50 bits per heavy atom. The van der Waals surface area contributed by atoms with Gasteiger partial charge in [0.05, 0.1) is 5.69 Å². The zero-order valence-electron chi connectivity index (χ0n) is 9.25. The number of halogens is 3. The van der Waals surface area contributed by atoms with Gasteiger partial charge in [-0.2, -0.15) is 0 Å². The molecule has 0 atom stereocenters. The molecular weight excluding hydrogens is 402 g/mol. The lowest BCUT2D eigenvalue weighted by atomic mass is 10.1. The van der Waals surface area contributed by atoms with Gasteiger partial charge in [0.1, 0.15) is 0 Å². The average molecular weight is 414 g/mol. The van der Waals surface area contributed by atoms with Gasteiger partial charge in [-0.3, -0.25) is 4.79 Å². The number of benzene rings is 1. The third kappa shape index (κ3) is 2.68. The van der Waals surface area contributed by atoms with E-state index in [1.807, 2.05) is 20.8 Å². The van der Waals surface area contributed by atoms with Gasteiger partial charge in [0, 0.05) is 19.8 Å². The SMILES string of the molecule is CCC(=O)Nc1c(Br)c(C)c(Br)c(C)c1Br. The van der Waals surface area contributed by atoms with Crippen molar-refractivity contribution in [3.05, 3.63) is 24.5 Å². The normalized spacial score (nSPS) is 10.4. The Hall–Kier alpha value is 0.130. The van der Waals surface area contributed by atoms with E-state index in [2.05, 4.69) is 53.1 Å². The Labute approximate surface area is 121 Å². The Morgan fingerprint density at radius 3 is 1.88 bits per heavy atom. The maximum atomic E-state index is 11.4. The van der Waals surface area contributed by atoms with Crippen LogP contribution in [0.2, 0.25) is 0 Å². The summed E-state index contributed by atoms with van der Waals surface area (Å²) in [7, 11) is 0. The number of amides is 1. The molecule has 0 saturated heterocycles. The molecule has 1 amide bonds. The maximum absolute atomic E-state index is 11.4. The summed E-state index contributed by atoms with van der Waals surface area (Å²) in [4.78, 5) is 11.4. The van der Waals surface area contributed by atoms with Gasteiger partial charge in [0.25, 0.3) is 0 Å². The van der Waals surface area contributed by atoms with Gasteiger partial charge < -0.3 is 5.32 Å². The van der Waals surface area contributed by atoms with E-state index in [4.69, 9.17) is 0 Å². The van der Waals surface area contributed by atoms with Crippen molar-refractivity contribution < 1.29 is 4.79 Å². The van der Waals surface area contributed by atoms with Crippen molar-refractivity contribution in [2.45, 2.75) is 27.2 Å². The fourth-order valence-electron chi connectivity index (χ4n) is 1.28. The van der Waals surface area contributed by atoms with Gasteiger partial charge >= 0.3 is 0 Å². The number of carbonyl (C=O) groups excluding carboxylic acids is 1. The minimum atomic E-state index is 0.00234. The molecule has 88 valence electrons. The number of hydrogen-bond acceptors (Lipinski definition) is 1. The fraction of sp³-hybridized carbons (Fsp3) is 0.364. The van der Waals surface area contributed by atoms with E-state index in [1.54, 1.807) is 0 Å². The second kappa shape index (κ2) is 5.65. The van der Waals surface area contributed by atoms with Crippen molar-refractivity contribution in [3.8, 4) is 0 Å². The topological polar surface area (TPSA) is 29.1 Å². The van der Waals surface area contributed by atoms with Crippen molar-refractivity contribution in [1.82, 2.24) is 0 Å². The Balaban J connectivity index is 3.34. The van der Waals surface area contributed by atoms with Gasteiger partial charge in [-0.1, -0.05) is 22.9 Å². The predicted molar refractivity (Wildman–Crippen MR) is 77.9 cm³/mol. The van der Waals surface area contributed by atoms with Gasteiger partial charge in [0.15, 0.2) is 0 Å². The summed E-state index contributed by atoms with van der Waals surface area (Å²) in [6.45, 7) is 5.82. The zero-order valence-corrected chi connectivity index (χ0v) is 14.0. The number of carbonyl (C=O) groups is 1. The van der Waals surface area contributed by atoms with E-state index in [0.29, 0.717) is 6.42 Å². The van der Waals surface area contributed by atoms with Crippen LogP contribution in [0.5, 0.6) is 0 Å². The van der Waals surface area contributed by atoms with E-state index >= 15 is 0 Å². The van der Waals surface area contributed by atoms with E-state index in [9.17, 15) is 4.79 Å². The molecule has 0 bridgehead atoms. The van der Waals surface area contributed by atoms with E-state index in [-0.39, 0.29) is 5.91 Å². The van der Waals surface area contributed by atoms with Crippen molar-refractivity contribution in [3.63, 3.8) is 0 Å². The lowest BCUT2D eigenvalue weighted by molar-refractivity contribution is -0.115. The second-order valence-electron chi connectivity index (χ2n) is 3.47. The third-order valence-corrected chi connectivity index (χ3v) is 5.51. The molecule has 0 fully saturated rings. The number of hydrogen-bond donors (Lipinski definition) is 1. The molecule has 0 radical (unpaired) electrons.